The van der Waals surface area contributed by atoms with Crippen molar-refractivity contribution < 1.29 is 77.9 Å². The van der Waals surface area contributed by atoms with E-state index in [4.69, 9.17) is 0 Å². The summed E-state index contributed by atoms with van der Waals surface area (Å²) in [6, 6.07) is 31.8. The third-order valence-corrected chi connectivity index (χ3v) is 16.5. The predicted molar refractivity (Wildman–Crippen MR) is 305 cm³/mol. The van der Waals surface area contributed by atoms with E-state index in [9.17, 15) is 77.9 Å². The van der Waals surface area contributed by atoms with Gasteiger partial charge in [-0.05, 0) is 163 Å². The Morgan fingerprint density at radius 1 is 0.307 bits per heavy atom. The number of hydrogen-bond donors (Lipinski definition) is 0. The molecule has 444 valence electrons. The molecule has 8 amide bonds. The smallest absolute Gasteiger partial charge is 0.277 e. The van der Waals surface area contributed by atoms with Crippen LogP contribution in [-0.2, 0) is 17.8 Å². The van der Waals surface area contributed by atoms with Crippen molar-refractivity contribution in [2.24, 2.45) is 0 Å². The van der Waals surface area contributed by atoms with Gasteiger partial charge in [0.1, 0.15) is 5.41 Å². The van der Waals surface area contributed by atoms with Crippen LogP contribution in [0.5, 0.6) is 0 Å². The molecule has 0 radical (unpaired) electrons. The molecule has 12 rings (SSSR count). The summed E-state index contributed by atoms with van der Waals surface area (Å²) in [6.07, 6.45) is -14.6. The quantitative estimate of drug-likeness (QED) is 0.113. The van der Waals surface area contributed by atoms with Crippen LogP contribution in [0.3, 0.4) is 0 Å². The Morgan fingerprint density at radius 3 is 0.966 bits per heavy atom. The second kappa shape index (κ2) is 20.7. The number of carbonyl (C=O) groups is 8. The van der Waals surface area contributed by atoms with Gasteiger partial charge in [0.25, 0.3) is 47.3 Å². The van der Waals surface area contributed by atoms with Gasteiger partial charge in [-0.1, -0.05) is 83.9 Å². The molecule has 0 saturated carbocycles. The minimum atomic E-state index is -5.00. The van der Waals surface area contributed by atoms with Crippen molar-refractivity contribution in [1.82, 2.24) is 9.80 Å². The first-order valence-corrected chi connectivity index (χ1v) is 26.9. The zero-order valence-electron chi connectivity index (χ0n) is 47.3. The third-order valence-electron chi connectivity index (χ3n) is 16.5. The van der Waals surface area contributed by atoms with E-state index in [1.54, 1.807) is 75.4 Å². The number of nitrogens with zero attached hydrogens (tertiary/aromatic N) is 4. The van der Waals surface area contributed by atoms with Gasteiger partial charge < -0.3 is 0 Å². The van der Waals surface area contributed by atoms with Gasteiger partial charge in [0.05, 0.1) is 67.0 Å². The Morgan fingerprint density at radius 2 is 0.602 bits per heavy atom. The van der Waals surface area contributed by atoms with Crippen LogP contribution in [0.4, 0.5) is 50.9 Å². The second-order valence-electron chi connectivity index (χ2n) is 22.0. The molecule has 1 unspecified atom stereocenters. The SMILES string of the molecule is Cc1ccc(-c2ccc(N3C(=O)c4ccc(-c5ccc6c(c5)C(=O)N(C)C6=O)cc4C3=O)cc2C(F)(F)F)c(C)c1.Cc1ccc(-c2ccc(N3C(=O)c4ccc(C(C)(c5ccc6c(c5)C(=O)N(C)C6=O)C(F)(F)F)cc4C3=O)cc2C(F)(F)F)c(C)c1. The average Bonchev–Trinajstić information content (AvgIpc) is 1.49. The molecule has 1 atom stereocenters. The monoisotopic (exact) mass is 1200 g/mol. The largest absolute Gasteiger partial charge is 0.417 e. The van der Waals surface area contributed by atoms with E-state index in [0.717, 1.165) is 81.3 Å². The van der Waals surface area contributed by atoms with Gasteiger partial charge in [-0.25, -0.2) is 9.80 Å². The lowest BCUT2D eigenvalue weighted by Gasteiger charge is -2.33. The van der Waals surface area contributed by atoms with Crippen LogP contribution in [0, 0.1) is 27.7 Å². The first kappa shape index (κ1) is 59.4. The summed E-state index contributed by atoms with van der Waals surface area (Å²) in [4.78, 5) is 106. The maximum absolute atomic E-state index is 14.9. The fraction of sp³-hybridized carbons (Fsp3) is 0.164. The molecule has 21 heteroatoms. The number of halogens is 9. The fourth-order valence-corrected chi connectivity index (χ4v) is 11.7. The van der Waals surface area contributed by atoms with Gasteiger partial charge in [-0.2, -0.15) is 39.5 Å². The molecule has 88 heavy (non-hydrogen) atoms. The molecule has 12 nitrogen and oxygen atoms in total. The van der Waals surface area contributed by atoms with Gasteiger partial charge in [-0.15, -0.1) is 0 Å². The highest BCUT2D eigenvalue weighted by Crippen LogP contribution is 2.49. The van der Waals surface area contributed by atoms with Crippen molar-refractivity contribution >= 4 is 58.6 Å². The molecular weight excluding hydrogens is 1160 g/mol. The summed E-state index contributed by atoms with van der Waals surface area (Å²) in [7, 11) is 2.59. The molecule has 4 heterocycles. The third kappa shape index (κ3) is 9.51. The van der Waals surface area contributed by atoms with Gasteiger partial charge in [0, 0.05) is 14.1 Å². The lowest BCUT2D eigenvalue weighted by molar-refractivity contribution is -0.173. The zero-order chi connectivity index (χ0) is 63.8. The van der Waals surface area contributed by atoms with Gasteiger partial charge >= 0.3 is 18.5 Å². The minimum Gasteiger partial charge on any atom is -0.277 e. The highest BCUT2D eigenvalue weighted by molar-refractivity contribution is 6.35. The number of carbonyl (C=O) groups excluding carboxylic acids is 8. The van der Waals surface area contributed by atoms with Gasteiger partial charge in [-0.3, -0.25) is 48.2 Å². The topological polar surface area (TPSA) is 150 Å². The predicted octanol–water partition coefficient (Wildman–Crippen LogP) is 14.6. The van der Waals surface area contributed by atoms with E-state index in [1.165, 1.54) is 50.5 Å². The molecule has 4 aliphatic heterocycles. The number of alkyl halides is 9. The number of amides is 8. The average molecular weight is 1210 g/mol. The molecular formula is C67H45F9N4O8. The van der Waals surface area contributed by atoms with Crippen molar-refractivity contribution in [2.75, 3.05) is 23.9 Å². The van der Waals surface area contributed by atoms with Crippen molar-refractivity contribution in [3.63, 3.8) is 0 Å². The molecule has 8 aromatic carbocycles. The molecule has 0 fully saturated rings. The van der Waals surface area contributed by atoms with Crippen LogP contribution >= 0.6 is 0 Å². The van der Waals surface area contributed by atoms with E-state index in [1.807, 2.05) is 6.92 Å². The first-order valence-electron chi connectivity index (χ1n) is 26.9. The molecule has 8 aromatic rings. The van der Waals surface area contributed by atoms with Crippen LogP contribution in [0.15, 0.2) is 146 Å². The van der Waals surface area contributed by atoms with Crippen molar-refractivity contribution in [3.8, 4) is 33.4 Å². The second-order valence-corrected chi connectivity index (χ2v) is 22.0. The lowest BCUT2D eigenvalue weighted by Crippen LogP contribution is -2.41. The Balaban J connectivity index is 0.000000184. The van der Waals surface area contributed by atoms with E-state index < -0.39 is 105 Å². The van der Waals surface area contributed by atoms with Crippen LogP contribution in [0.1, 0.15) is 134 Å². The van der Waals surface area contributed by atoms with Crippen LogP contribution in [-0.4, -0.2) is 77.3 Å². The molecule has 0 bridgehead atoms. The summed E-state index contributed by atoms with van der Waals surface area (Å²) in [5.41, 5.74) is -2.20. The highest BCUT2D eigenvalue weighted by Gasteiger charge is 2.55. The number of hydrogen-bond acceptors (Lipinski definition) is 8. The van der Waals surface area contributed by atoms with Crippen molar-refractivity contribution in [3.05, 3.63) is 235 Å². The van der Waals surface area contributed by atoms with E-state index >= 15 is 0 Å². The van der Waals surface area contributed by atoms with E-state index in [2.05, 4.69) is 0 Å². The summed E-state index contributed by atoms with van der Waals surface area (Å²) < 4.78 is 130. The summed E-state index contributed by atoms with van der Waals surface area (Å²) in [5.74, 6) is -5.89. The number of aryl methyl sites for hydroxylation is 4. The van der Waals surface area contributed by atoms with E-state index in [-0.39, 0.29) is 55.8 Å². The molecule has 0 N–H and O–H groups in total. The van der Waals surface area contributed by atoms with Gasteiger partial charge in [0.15, 0.2) is 0 Å². The maximum Gasteiger partial charge on any atom is 0.417 e. The Labute approximate surface area is 495 Å². The Kier molecular flexibility index (Phi) is 14.0. The van der Waals surface area contributed by atoms with Crippen molar-refractivity contribution in [2.45, 2.75) is 58.6 Å². The Hall–Kier alpha value is -10.3. The zero-order valence-corrected chi connectivity index (χ0v) is 47.3. The van der Waals surface area contributed by atoms with Gasteiger partial charge in [0.2, 0.25) is 0 Å². The molecule has 0 saturated heterocycles. The summed E-state index contributed by atoms with van der Waals surface area (Å²) in [5, 5.41) is 0. The van der Waals surface area contributed by atoms with E-state index in [0.29, 0.717) is 44.3 Å². The number of fused-ring (bicyclic) bond motifs is 4. The normalized spacial score (nSPS) is 15.5. The standard InChI is InChI=1S/C35H24F6N2O4.C32H21F3N2O4/c1-17-5-9-22(18(2)13-17)23-12-8-21(16-28(23)34(36,37)38)43-31(46)25-11-7-20(15-27(25)32(43)47)33(3,35(39,40)41)19-6-10-24-26(14-19)30(45)42(4)29(24)44;1-16-4-8-21(17(2)12-16)22-11-7-20(15-27(22)32(33,34)35)37-30(40)24-10-6-19(14-26(24)31(37)41)18-5-9-23-25(13-18)29(39)36(3)28(23)38/h5-16H,1-4H3;4-15H,1-3H3. The molecule has 0 aliphatic carbocycles. The molecule has 4 aliphatic rings. The molecule has 0 spiro atoms. The van der Waals surface area contributed by atoms with Crippen LogP contribution < -0.4 is 9.80 Å². The fourth-order valence-electron chi connectivity index (χ4n) is 11.7. The van der Waals surface area contributed by atoms with Crippen LogP contribution in [0.2, 0.25) is 0 Å². The number of anilines is 2. The summed E-state index contributed by atoms with van der Waals surface area (Å²) in [6.45, 7) is 7.86. The Bertz CT molecular complexity index is 4490. The highest BCUT2D eigenvalue weighted by atomic mass is 19.4. The summed E-state index contributed by atoms with van der Waals surface area (Å²) >= 11 is 0. The maximum atomic E-state index is 14.9. The number of imide groups is 4. The lowest BCUT2D eigenvalue weighted by atomic mass is 9.74. The van der Waals surface area contributed by atoms with Crippen LogP contribution in [0.25, 0.3) is 33.4 Å². The minimum absolute atomic E-state index is 0.0273. The van der Waals surface area contributed by atoms with Crippen molar-refractivity contribution in [1.29, 1.82) is 0 Å². The molecule has 0 aromatic heterocycles. The number of rotatable bonds is 7. The number of benzene rings is 8. The first-order chi connectivity index (χ1) is 41.2.